The van der Waals surface area contributed by atoms with Gasteiger partial charge in [-0.25, -0.2) is 4.79 Å². The first-order valence-corrected chi connectivity index (χ1v) is 16.0. The summed E-state index contributed by atoms with van der Waals surface area (Å²) in [5.41, 5.74) is 19.4. The molecule has 3 rings (SSSR count). The van der Waals surface area contributed by atoms with Gasteiger partial charge in [-0.3, -0.25) is 24.2 Å². The van der Waals surface area contributed by atoms with Crippen LogP contribution in [-0.2, 0) is 36.8 Å². The number of rotatable bonds is 18. The maximum absolute atomic E-state index is 13.8. The van der Waals surface area contributed by atoms with Crippen molar-refractivity contribution in [1.82, 2.24) is 26.3 Å². The molecule has 15 nitrogen and oxygen atoms in total. The van der Waals surface area contributed by atoms with Crippen molar-refractivity contribution >= 4 is 59.1 Å². The van der Waals surface area contributed by atoms with Gasteiger partial charge in [0, 0.05) is 35.8 Å². The molecule has 1 heterocycles. The summed E-state index contributed by atoms with van der Waals surface area (Å²) in [6, 6.07) is 10.9. The number of guanidine groups is 1. The number of carboxylic acids is 1. The quantitative estimate of drug-likeness (QED) is 0.0352. The maximum atomic E-state index is 13.8. The number of hydrogen-bond donors (Lipinski definition) is 10. The second-order valence-electron chi connectivity index (χ2n) is 11.2. The van der Waals surface area contributed by atoms with Crippen molar-refractivity contribution in [3.8, 4) is 0 Å². The van der Waals surface area contributed by atoms with Gasteiger partial charge in [-0.15, -0.1) is 0 Å². The monoisotopic (exact) mass is 681 g/mol. The van der Waals surface area contributed by atoms with E-state index in [1.165, 1.54) is 6.92 Å². The van der Waals surface area contributed by atoms with Crippen LogP contribution in [-0.4, -0.2) is 88.2 Å². The number of nitrogens with one attached hydrogen (secondary N) is 5. The highest BCUT2D eigenvalue weighted by Gasteiger charge is 2.31. The Kier molecular flexibility index (Phi) is 14.2. The number of thiol groups is 1. The number of fused-ring (bicyclic) bond motifs is 1. The fourth-order valence-electron chi connectivity index (χ4n) is 4.88. The number of aliphatic imine (C=N–C) groups is 1. The number of carbonyl (C=O) groups excluding carboxylic acids is 4. The van der Waals surface area contributed by atoms with Crippen LogP contribution in [0.4, 0.5) is 0 Å². The summed E-state index contributed by atoms with van der Waals surface area (Å²) in [4.78, 5) is 71.7. The maximum Gasteiger partial charge on any atom is 0.327 e. The number of amides is 4. The van der Waals surface area contributed by atoms with Crippen LogP contribution in [0.25, 0.3) is 10.9 Å². The second kappa shape index (κ2) is 18.3. The molecule has 1 aromatic heterocycles. The number of nitrogens with two attached hydrogens (primary N) is 3. The third-order valence-corrected chi connectivity index (χ3v) is 7.86. The van der Waals surface area contributed by atoms with Gasteiger partial charge in [0.25, 0.3) is 0 Å². The molecule has 0 fully saturated rings. The van der Waals surface area contributed by atoms with Gasteiger partial charge in [-0.1, -0.05) is 48.5 Å². The van der Waals surface area contributed by atoms with Crippen molar-refractivity contribution in [2.75, 3.05) is 12.3 Å². The van der Waals surface area contributed by atoms with Crippen LogP contribution in [0.3, 0.4) is 0 Å². The first-order chi connectivity index (χ1) is 22.9. The van der Waals surface area contributed by atoms with Crippen LogP contribution in [0.1, 0.15) is 30.9 Å². The van der Waals surface area contributed by atoms with E-state index in [0.29, 0.717) is 12.0 Å². The lowest BCUT2D eigenvalue weighted by molar-refractivity contribution is -0.141. The largest absolute Gasteiger partial charge is 0.480 e. The zero-order chi connectivity index (χ0) is 35.2. The van der Waals surface area contributed by atoms with E-state index in [9.17, 15) is 29.1 Å². The smallest absolute Gasteiger partial charge is 0.327 e. The van der Waals surface area contributed by atoms with E-state index in [-0.39, 0.29) is 37.5 Å². The number of benzene rings is 2. The molecule has 0 radical (unpaired) electrons. The average Bonchev–Trinajstić information content (AvgIpc) is 3.47. The lowest BCUT2D eigenvalue weighted by Crippen LogP contribution is -2.58. The molecular weight excluding hydrogens is 638 g/mol. The van der Waals surface area contributed by atoms with Gasteiger partial charge in [0.1, 0.15) is 24.2 Å². The lowest BCUT2D eigenvalue weighted by Gasteiger charge is -2.25. The van der Waals surface area contributed by atoms with E-state index in [1.807, 2.05) is 54.6 Å². The summed E-state index contributed by atoms with van der Waals surface area (Å²) >= 11 is 3.95. The molecule has 0 aliphatic rings. The minimum atomic E-state index is -1.28. The lowest BCUT2D eigenvalue weighted by atomic mass is 10.0. The predicted octanol–water partition coefficient (Wildman–Crippen LogP) is -0.692. The molecule has 0 aliphatic carbocycles. The number of nitrogens with zero attached hydrogens (tertiary/aromatic N) is 1. The van der Waals surface area contributed by atoms with Crippen molar-refractivity contribution in [1.29, 1.82) is 0 Å². The van der Waals surface area contributed by atoms with Crippen molar-refractivity contribution in [2.45, 2.75) is 62.8 Å². The molecule has 12 N–H and O–H groups in total. The first kappa shape index (κ1) is 37.4. The standard InChI is InChI=1S/C32H43N9O6S/c1-18(27(42)41-26(17-48)31(46)47)38-30(45)25(15-20-16-37-23-11-6-5-10-21(20)23)40-29(44)24(12-7-13-36-32(34)35)39-28(43)22(33)14-19-8-3-2-4-9-19/h2-6,8-11,16,18,22,24-26,37,48H,7,12-15,17,33H2,1H3,(H,38,45)(H,39,43)(H,40,44)(H,41,42)(H,46,47)(H4,34,35,36)/t18-,22-,24-,25-,26-/m0/s1. The van der Waals surface area contributed by atoms with Crippen LogP contribution in [0, 0.1) is 0 Å². The predicted molar refractivity (Wildman–Crippen MR) is 185 cm³/mol. The van der Waals surface area contributed by atoms with Gasteiger partial charge in [-0.05, 0) is 43.4 Å². The van der Waals surface area contributed by atoms with Gasteiger partial charge < -0.3 is 48.6 Å². The normalized spacial score (nSPS) is 14.1. The topological polar surface area (TPSA) is 260 Å². The molecule has 0 aliphatic heterocycles. The van der Waals surface area contributed by atoms with Gasteiger partial charge in [0.2, 0.25) is 23.6 Å². The third-order valence-electron chi connectivity index (χ3n) is 7.49. The number of carbonyl (C=O) groups is 5. The number of para-hydroxylation sites is 1. The number of aliphatic carboxylic acids is 1. The van der Waals surface area contributed by atoms with Crippen LogP contribution in [0.5, 0.6) is 0 Å². The Hall–Kier alpha value is -5.09. The highest BCUT2D eigenvalue weighted by Crippen LogP contribution is 2.19. The van der Waals surface area contributed by atoms with Crippen LogP contribution >= 0.6 is 12.6 Å². The summed E-state index contributed by atoms with van der Waals surface area (Å²) in [6.07, 6.45) is 2.40. The Bertz CT molecular complexity index is 1590. The minimum absolute atomic E-state index is 0.0203. The summed E-state index contributed by atoms with van der Waals surface area (Å²) in [7, 11) is 0. The van der Waals surface area contributed by atoms with E-state index in [0.717, 1.165) is 16.5 Å². The Morgan fingerprint density at radius 1 is 0.833 bits per heavy atom. The molecule has 258 valence electrons. The first-order valence-electron chi connectivity index (χ1n) is 15.3. The fraction of sp³-hybridized carbons (Fsp3) is 0.375. The fourth-order valence-corrected chi connectivity index (χ4v) is 5.12. The zero-order valence-electron chi connectivity index (χ0n) is 26.5. The molecule has 48 heavy (non-hydrogen) atoms. The molecule has 0 spiro atoms. The van der Waals surface area contributed by atoms with E-state index >= 15 is 0 Å². The Labute approximate surface area is 283 Å². The molecule has 3 aromatic rings. The van der Waals surface area contributed by atoms with Gasteiger partial charge in [0.15, 0.2) is 5.96 Å². The van der Waals surface area contributed by atoms with Crippen LogP contribution in [0.15, 0.2) is 65.8 Å². The number of H-pyrrole nitrogens is 1. The summed E-state index contributed by atoms with van der Waals surface area (Å²) < 4.78 is 0. The van der Waals surface area contributed by atoms with Crippen molar-refractivity contribution in [2.24, 2.45) is 22.2 Å². The highest BCUT2D eigenvalue weighted by atomic mass is 32.1. The van der Waals surface area contributed by atoms with Crippen LogP contribution < -0.4 is 38.5 Å². The SMILES string of the molecule is C[C@H](NC(=O)[C@H](Cc1c[nH]c2ccccc12)NC(=O)[C@H](CCCN=C(N)N)NC(=O)[C@@H](N)Cc1ccccc1)C(=O)N[C@@H](CS)C(=O)O. The van der Waals surface area contributed by atoms with Crippen molar-refractivity contribution in [3.05, 3.63) is 71.9 Å². The van der Waals surface area contributed by atoms with Crippen LogP contribution in [0.2, 0.25) is 0 Å². The van der Waals surface area contributed by atoms with E-state index in [2.05, 4.69) is 43.9 Å². The molecule has 4 amide bonds. The van der Waals surface area contributed by atoms with Crippen molar-refractivity contribution in [3.63, 3.8) is 0 Å². The number of aromatic amines is 1. The Balaban J connectivity index is 1.82. The summed E-state index contributed by atoms with van der Waals surface area (Å²) in [5.74, 6) is -4.26. The van der Waals surface area contributed by atoms with E-state index < -0.39 is 59.8 Å². The number of aromatic nitrogens is 1. The summed E-state index contributed by atoms with van der Waals surface area (Å²) in [6.45, 7) is 1.57. The molecule has 16 heteroatoms. The number of carboxylic acid groups (broad SMARTS) is 1. The average molecular weight is 682 g/mol. The third kappa shape index (κ3) is 11.3. The minimum Gasteiger partial charge on any atom is -0.480 e. The van der Waals surface area contributed by atoms with E-state index in [4.69, 9.17) is 17.2 Å². The van der Waals surface area contributed by atoms with Crippen molar-refractivity contribution < 1.29 is 29.1 Å². The Morgan fingerprint density at radius 3 is 2.12 bits per heavy atom. The van der Waals surface area contributed by atoms with Gasteiger partial charge >= 0.3 is 5.97 Å². The highest BCUT2D eigenvalue weighted by molar-refractivity contribution is 7.80. The molecule has 0 saturated carbocycles. The van der Waals surface area contributed by atoms with Gasteiger partial charge in [-0.2, -0.15) is 12.6 Å². The molecule has 0 saturated heterocycles. The Morgan fingerprint density at radius 2 is 1.46 bits per heavy atom. The molecule has 0 bridgehead atoms. The molecule has 0 unspecified atom stereocenters. The molecule has 5 atom stereocenters. The summed E-state index contributed by atoms with van der Waals surface area (Å²) in [5, 5.41) is 20.4. The molecule has 2 aromatic carbocycles. The second-order valence-corrected chi connectivity index (χ2v) is 11.6. The molecular formula is C32H43N9O6S. The van der Waals surface area contributed by atoms with E-state index in [1.54, 1.807) is 6.20 Å². The van der Waals surface area contributed by atoms with Gasteiger partial charge in [0.05, 0.1) is 6.04 Å². The number of hydrogen-bond acceptors (Lipinski definition) is 8. The zero-order valence-corrected chi connectivity index (χ0v) is 27.4.